The molecule has 1 aromatic carbocycles. The normalized spacial score (nSPS) is 9.18. The van der Waals surface area contributed by atoms with Crippen molar-refractivity contribution < 1.29 is 54.7 Å². The molecule has 80 heavy (non-hydrogen) atoms. The highest BCUT2D eigenvalue weighted by Gasteiger charge is 2.29. The lowest BCUT2D eigenvalue weighted by molar-refractivity contribution is -0.587. The van der Waals surface area contributed by atoms with Crippen LogP contribution in [-0.2, 0) is 41.3 Å². The summed E-state index contributed by atoms with van der Waals surface area (Å²) < 4.78 is 17.1. The Bertz CT molecular complexity index is 4070. The van der Waals surface area contributed by atoms with E-state index in [9.17, 15) is 9.59 Å². The minimum absolute atomic E-state index is 0. The quantitative estimate of drug-likeness (QED) is 0.0580. The number of carbonyl (C=O) groups is 1. The van der Waals surface area contributed by atoms with Crippen LogP contribution in [0.1, 0.15) is 72.5 Å². The first kappa shape index (κ1) is 63.8. The summed E-state index contributed by atoms with van der Waals surface area (Å²) in [7, 11) is 2.00. The molecule has 0 atom stereocenters. The van der Waals surface area contributed by atoms with Gasteiger partial charge in [-0.05, 0) is 168 Å². The van der Waals surface area contributed by atoms with E-state index in [-0.39, 0.29) is 58.4 Å². The van der Waals surface area contributed by atoms with Crippen LogP contribution < -0.4 is 10.3 Å². The van der Waals surface area contributed by atoms with Crippen LogP contribution >= 0.6 is 0 Å². The van der Waals surface area contributed by atoms with Crippen molar-refractivity contribution in [3.8, 4) is 190 Å². The molecule has 0 unspecified atom stereocenters. The van der Waals surface area contributed by atoms with Crippen molar-refractivity contribution in [3.05, 3.63) is 94.4 Å². The van der Waals surface area contributed by atoms with E-state index < -0.39 is 5.60 Å². The molecule has 1 amide bonds. The number of pyridine rings is 2. The van der Waals surface area contributed by atoms with Crippen molar-refractivity contribution in [2.75, 3.05) is 6.54 Å². The van der Waals surface area contributed by atoms with Gasteiger partial charge in [0.25, 0.3) is 5.56 Å². The number of benzene rings is 1. The zero-order valence-electron chi connectivity index (χ0n) is 41.7. The van der Waals surface area contributed by atoms with Gasteiger partial charge in [0.05, 0.1) is 28.8 Å². The van der Waals surface area contributed by atoms with Crippen LogP contribution in [0.25, 0.3) is 22.2 Å². The predicted octanol–water partition coefficient (Wildman–Crippen LogP) is 10.3. The SMILES string of the molecule is C.C.C#CC#CC#CC#CC#CC#CC#CC#CC#CC#CC#CC#CC#CC#CC#C.Cn1c2c(c3ccc(-n4ccc(OCc5cn6ccccc6n5)cc4=O)cc31)CCN(C(=O)OC(C)(C)C)C2.N=N/N=N/N(OO)OO.[HH].[HH].[HH].[HH].[HH].[HH].[HH].[HH].[HH].[HH].[HH].[HH].[HH].[HH]. The molecule has 4 aromatic heterocycles. The van der Waals surface area contributed by atoms with Crippen LogP contribution in [0, 0.1) is 184 Å². The summed E-state index contributed by atoms with van der Waals surface area (Å²) in [6, 6.07) is 15.1. The number of carbonyl (C=O) groups excluding carboxylic acids is 1. The van der Waals surface area contributed by atoms with Gasteiger partial charge in [-0.3, -0.25) is 9.36 Å². The Morgan fingerprint density at radius 3 is 1.71 bits per heavy atom. The summed E-state index contributed by atoms with van der Waals surface area (Å²) in [5.74, 6) is 68.7. The molecule has 0 saturated carbocycles. The number of rotatable bonds is 8. The van der Waals surface area contributed by atoms with Gasteiger partial charge in [0.2, 0.25) is 0 Å². The zero-order valence-corrected chi connectivity index (χ0v) is 41.7. The Balaban J connectivity index is -0.0000000992. The van der Waals surface area contributed by atoms with E-state index >= 15 is 0 Å². The van der Waals surface area contributed by atoms with E-state index in [4.69, 9.17) is 38.4 Å². The summed E-state index contributed by atoms with van der Waals surface area (Å²) in [5, 5.41) is 23.8. The third-order valence-corrected chi connectivity index (χ3v) is 9.02. The fourth-order valence-corrected chi connectivity index (χ4v) is 6.08. The average Bonchev–Trinajstić information content (AvgIpc) is 1.60. The summed E-state index contributed by atoms with van der Waals surface area (Å²) in [6.07, 6.45) is 15.9. The zero-order chi connectivity index (χ0) is 56.2. The molecule has 3 N–H and O–H groups in total. The molecule has 418 valence electrons. The van der Waals surface area contributed by atoms with Crippen molar-refractivity contribution in [3.63, 3.8) is 0 Å². The van der Waals surface area contributed by atoms with Crippen molar-refractivity contribution in [2.24, 2.45) is 22.7 Å². The fraction of sp³-hybridized carbons (Fsp3) is 0.177. The number of terminal acetylenes is 2. The topological polar surface area (TPSA) is 206 Å². The van der Waals surface area contributed by atoms with E-state index in [1.807, 2.05) is 74.9 Å². The fourth-order valence-electron chi connectivity index (χ4n) is 6.08. The molecular formula is C62H72N10O8. The minimum Gasteiger partial charge on any atom is -0.487 e. The second-order valence-corrected chi connectivity index (χ2v) is 15.1. The highest BCUT2D eigenvalue weighted by molar-refractivity contribution is 5.88. The van der Waals surface area contributed by atoms with Gasteiger partial charge in [0.15, 0.2) is 0 Å². The average molecular weight is 1090 g/mol. The van der Waals surface area contributed by atoms with E-state index in [1.54, 1.807) is 21.7 Å². The van der Waals surface area contributed by atoms with Crippen LogP contribution in [0.5, 0.6) is 5.75 Å². The molecule has 0 fully saturated rings. The Morgan fingerprint density at radius 1 is 0.750 bits per heavy atom. The molecule has 5 heterocycles. The lowest BCUT2D eigenvalue weighted by atomic mass is 10.0. The largest absolute Gasteiger partial charge is 0.487 e. The third kappa shape index (κ3) is 22.4. The molecule has 18 nitrogen and oxygen atoms in total. The number of aryl methyl sites for hydroxylation is 1. The molecule has 0 saturated heterocycles. The molecule has 5 aromatic rings. The molecule has 0 bridgehead atoms. The van der Waals surface area contributed by atoms with Crippen LogP contribution in [-0.4, -0.2) is 57.5 Å². The molecule has 1 aliphatic rings. The van der Waals surface area contributed by atoms with Gasteiger partial charge < -0.3 is 23.3 Å². The Kier molecular flexibility index (Phi) is 28.6. The van der Waals surface area contributed by atoms with Crippen LogP contribution in [0.4, 0.5) is 4.79 Å². The summed E-state index contributed by atoms with van der Waals surface area (Å²) in [6.45, 7) is 7.00. The van der Waals surface area contributed by atoms with Crippen LogP contribution in [0.3, 0.4) is 0 Å². The van der Waals surface area contributed by atoms with Gasteiger partial charge in [-0.15, -0.1) is 12.8 Å². The lowest BCUT2D eigenvalue weighted by Crippen LogP contribution is -2.40. The van der Waals surface area contributed by atoms with Gasteiger partial charge in [-0.25, -0.2) is 20.3 Å². The van der Waals surface area contributed by atoms with Crippen LogP contribution in [0.15, 0.2) is 87.6 Å². The summed E-state index contributed by atoms with van der Waals surface area (Å²) in [5.41, 5.74) is 11.0. The summed E-state index contributed by atoms with van der Waals surface area (Å²) in [4.78, 5) is 38.3. The number of ether oxygens (including phenoxy) is 2. The number of aromatic nitrogens is 4. The first-order chi connectivity index (χ1) is 37.9. The molecule has 18 heteroatoms. The van der Waals surface area contributed by atoms with E-state index in [0.717, 1.165) is 40.0 Å². The Morgan fingerprint density at radius 2 is 1.26 bits per heavy atom. The lowest BCUT2D eigenvalue weighted by Gasteiger charge is -2.30. The third-order valence-electron chi connectivity index (χ3n) is 9.02. The van der Waals surface area contributed by atoms with Gasteiger partial charge in [0.1, 0.15) is 23.6 Å². The predicted molar refractivity (Wildman–Crippen MR) is 329 cm³/mol. The molecule has 0 radical (unpaired) electrons. The number of hydrogen-bond acceptors (Lipinski definition) is 11. The maximum Gasteiger partial charge on any atom is 0.410 e. The van der Waals surface area contributed by atoms with Gasteiger partial charge in [-0.2, -0.15) is 5.53 Å². The highest BCUT2D eigenvalue weighted by atomic mass is 17.4. The second-order valence-electron chi connectivity index (χ2n) is 15.1. The van der Waals surface area contributed by atoms with E-state index in [2.05, 4.69) is 207 Å². The number of hydrogen-bond donors (Lipinski definition) is 3. The van der Waals surface area contributed by atoms with Crippen molar-refractivity contribution >= 4 is 22.6 Å². The first-order valence-electron chi connectivity index (χ1n) is 21.9. The van der Waals surface area contributed by atoms with Crippen molar-refractivity contribution in [1.29, 1.82) is 5.53 Å². The van der Waals surface area contributed by atoms with Crippen molar-refractivity contribution in [2.45, 2.75) is 60.8 Å². The number of fused-ring (bicyclic) bond motifs is 4. The number of imidazole rings is 1. The molecule has 1 aliphatic heterocycles. The number of nitrogens with one attached hydrogen (secondary N) is 1. The summed E-state index contributed by atoms with van der Waals surface area (Å²) >= 11 is 0. The van der Waals surface area contributed by atoms with Gasteiger partial charge >= 0.3 is 6.09 Å². The van der Waals surface area contributed by atoms with E-state index in [0.29, 0.717) is 18.8 Å². The number of nitrogens with zero attached hydrogens (tertiary/aromatic N) is 9. The maximum atomic E-state index is 13.0. The standard InChI is InChI=1S/C30H31N5O4.C30H2.2CH4.H3N5O4.14H2/c1-30(2,3)39-29(37)34-13-11-24-23-9-8-21(15-25(23)32(4)26(24)18-34)35-14-10-22(16-28(35)36)38-19-20-17-33-12-6-5-7-27(33)31-20;1-3-5-7-9-11-13-15-17-19-21-23-25-27-29-30-28-26-24-22-20-18-16-14-12-10-8-6-4-2;;;1-2-3-4-5(8-6)9-7;;;;;;;;;;;;;;/h5-10,12,14-17H,11,13,18-19H2,1-4H3;1-2H;2*1H4;1,6-7H;14*1H/b;;;;2-1?,4-3+;;;;;;;;;;;;;;. The Hall–Kier alpha value is -12.3. The molecule has 6 rings (SSSR count). The second kappa shape index (κ2) is 35.8. The smallest absolute Gasteiger partial charge is 0.410 e. The Labute approximate surface area is 485 Å². The first-order valence-corrected chi connectivity index (χ1v) is 21.9. The van der Waals surface area contributed by atoms with Gasteiger partial charge in [-0.1, -0.05) is 37.0 Å². The van der Waals surface area contributed by atoms with Gasteiger partial charge in [0, 0.05) is 146 Å². The molecule has 0 spiro atoms. The number of amides is 1. The molecular weight excluding hydrogens is 1010 g/mol. The maximum absolute atomic E-state index is 13.0. The monoisotopic (exact) mass is 1080 g/mol. The highest BCUT2D eigenvalue weighted by Crippen LogP contribution is 2.32. The molecule has 0 aliphatic carbocycles. The van der Waals surface area contributed by atoms with E-state index in [1.165, 1.54) is 11.6 Å². The minimum atomic E-state index is -0.535. The van der Waals surface area contributed by atoms with Crippen molar-refractivity contribution in [1.82, 2.24) is 28.8 Å². The van der Waals surface area contributed by atoms with Crippen LogP contribution in [0.2, 0.25) is 0 Å².